The van der Waals surface area contributed by atoms with Crippen LogP contribution in [0.2, 0.25) is 0 Å². The molecule has 2 aromatic rings. The molecule has 1 aliphatic heterocycles. The molecule has 3 nitrogen and oxygen atoms in total. The van der Waals surface area contributed by atoms with Crippen LogP contribution in [0, 0.1) is 6.92 Å². The standard InChI is InChI=1S/C18H15F3N2O/c1-12-6-5-9-14-15(22-11-18(19,20)21)17(24)23(16(12)14)10-13-7-3-2-4-8-13/h2-9H,10-11H2,1H3. The molecule has 24 heavy (non-hydrogen) atoms. The number of aryl methyl sites for hydroxylation is 1. The normalized spacial score (nSPS) is 15.9. The smallest absolute Gasteiger partial charge is 0.302 e. The number of carbonyl (C=O) groups excluding carboxylic acids is 1. The number of anilines is 1. The topological polar surface area (TPSA) is 32.7 Å². The summed E-state index contributed by atoms with van der Waals surface area (Å²) in [6, 6.07) is 14.5. The summed E-state index contributed by atoms with van der Waals surface area (Å²) in [5.41, 5.74) is 2.69. The lowest BCUT2D eigenvalue weighted by Gasteiger charge is -2.18. The molecule has 3 rings (SSSR count). The number of aliphatic imine (C=N–C) groups is 1. The van der Waals surface area contributed by atoms with E-state index in [0.29, 0.717) is 17.8 Å². The Labute approximate surface area is 137 Å². The number of fused-ring (bicyclic) bond motifs is 1. The molecule has 124 valence electrons. The van der Waals surface area contributed by atoms with Gasteiger partial charge < -0.3 is 4.90 Å². The molecule has 0 atom stereocenters. The number of alkyl halides is 3. The third kappa shape index (κ3) is 3.18. The summed E-state index contributed by atoms with van der Waals surface area (Å²) >= 11 is 0. The lowest BCUT2D eigenvalue weighted by molar-refractivity contribution is -0.118. The van der Waals surface area contributed by atoms with Crippen molar-refractivity contribution in [2.24, 2.45) is 4.99 Å². The average Bonchev–Trinajstić information content (AvgIpc) is 2.79. The first-order valence-electron chi connectivity index (χ1n) is 7.44. The lowest BCUT2D eigenvalue weighted by atomic mass is 10.1. The maximum Gasteiger partial charge on any atom is 0.407 e. The molecule has 0 saturated heterocycles. The predicted molar refractivity (Wildman–Crippen MR) is 86.3 cm³/mol. The van der Waals surface area contributed by atoms with Gasteiger partial charge in [-0.05, 0) is 18.1 Å². The summed E-state index contributed by atoms with van der Waals surface area (Å²) < 4.78 is 37.5. The molecule has 0 unspecified atom stereocenters. The van der Waals surface area contributed by atoms with Crippen LogP contribution in [0.15, 0.2) is 53.5 Å². The van der Waals surface area contributed by atoms with Gasteiger partial charge in [0, 0.05) is 5.56 Å². The van der Waals surface area contributed by atoms with E-state index in [9.17, 15) is 18.0 Å². The Hall–Kier alpha value is -2.63. The van der Waals surface area contributed by atoms with Crippen LogP contribution in [0.3, 0.4) is 0 Å². The van der Waals surface area contributed by atoms with Gasteiger partial charge in [0.15, 0.2) is 0 Å². The third-order valence-corrected chi connectivity index (χ3v) is 3.81. The van der Waals surface area contributed by atoms with Crippen LogP contribution in [0.25, 0.3) is 0 Å². The van der Waals surface area contributed by atoms with Crippen molar-refractivity contribution in [2.45, 2.75) is 19.6 Å². The zero-order valence-corrected chi connectivity index (χ0v) is 13.0. The first-order valence-corrected chi connectivity index (χ1v) is 7.44. The van der Waals surface area contributed by atoms with Crippen LogP contribution in [-0.2, 0) is 11.3 Å². The molecule has 6 heteroatoms. The van der Waals surface area contributed by atoms with E-state index in [4.69, 9.17) is 0 Å². The number of rotatable bonds is 3. The SMILES string of the molecule is Cc1cccc2c1N(Cc1ccccc1)C(=O)C2=NCC(F)(F)F. The van der Waals surface area contributed by atoms with Crippen molar-refractivity contribution in [2.75, 3.05) is 11.4 Å². The third-order valence-electron chi connectivity index (χ3n) is 3.81. The first kappa shape index (κ1) is 16.2. The number of amides is 1. The molecule has 0 spiro atoms. The van der Waals surface area contributed by atoms with Crippen molar-refractivity contribution < 1.29 is 18.0 Å². The lowest BCUT2D eigenvalue weighted by Crippen LogP contribution is -2.30. The number of carbonyl (C=O) groups is 1. The van der Waals surface area contributed by atoms with Gasteiger partial charge in [-0.2, -0.15) is 13.2 Å². The molecule has 0 N–H and O–H groups in total. The Bertz CT molecular complexity index is 798. The van der Waals surface area contributed by atoms with Gasteiger partial charge in [0.2, 0.25) is 0 Å². The van der Waals surface area contributed by atoms with E-state index in [1.807, 2.05) is 43.3 Å². The molecule has 0 saturated carbocycles. The Kier molecular flexibility index (Phi) is 4.13. The number of halogens is 3. The molecule has 0 radical (unpaired) electrons. The monoisotopic (exact) mass is 332 g/mol. The zero-order chi connectivity index (χ0) is 17.3. The minimum atomic E-state index is -4.44. The van der Waals surface area contributed by atoms with Gasteiger partial charge in [0.25, 0.3) is 5.91 Å². The average molecular weight is 332 g/mol. The molecular formula is C18H15F3N2O. The van der Waals surface area contributed by atoms with Crippen LogP contribution < -0.4 is 4.90 Å². The highest BCUT2D eigenvalue weighted by Gasteiger charge is 2.36. The Morgan fingerprint density at radius 1 is 1.04 bits per heavy atom. The summed E-state index contributed by atoms with van der Waals surface area (Å²) in [4.78, 5) is 17.7. The molecule has 0 aliphatic carbocycles. The summed E-state index contributed by atoms with van der Waals surface area (Å²) in [5, 5.41) is 0. The van der Waals surface area contributed by atoms with Crippen LogP contribution >= 0.6 is 0 Å². The van der Waals surface area contributed by atoms with E-state index in [1.54, 1.807) is 12.1 Å². The van der Waals surface area contributed by atoms with Gasteiger partial charge in [0.05, 0.1) is 12.2 Å². The van der Waals surface area contributed by atoms with Crippen molar-refractivity contribution in [1.29, 1.82) is 0 Å². The summed E-state index contributed by atoms with van der Waals surface area (Å²) in [5.74, 6) is -0.493. The number of para-hydroxylation sites is 1. The van der Waals surface area contributed by atoms with Crippen molar-refractivity contribution in [3.8, 4) is 0 Å². The predicted octanol–water partition coefficient (Wildman–Crippen LogP) is 3.89. The minimum Gasteiger partial charge on any atom is -0.302 e. The molecule has 0 aromatic heterocycles. The van der Waals surface area contributed by atoms with E-state index in [1.165, 1.54) is 4.90 Å². The maximum atomic E-state index is 12.7. The number of benzene rings is 2. The fourth-order valence-corrected chi connectivity index (χ4v) is 2.79. The van der Waals surface area contributed by atoms with Crippen LogP contribution in [0.5, 0.6) is 0 Å². The fourth-order valence-electron chi connectivity index (χ4n) is 2.79. The Balaban J connectivity index is 2.02. The molecule has 1 heterocycles. The van der Waals surface area contributed by atoms with Crippen LogP contribution in [0.4, 0.5) is 18.9 Å². The van der Waals surface area contributed by atoms with Crippen LogP contribution in [0.1, 0.15) is 16.7 Å². The van der Waals surface area contributed by atoms with Crippen molar-refractivity contribution in [3.63, 3.8) is 0 Å². The molecule has 1 amide bonds. The van der Waals surface area contributed by atoms with Crippen molar-refractivity contribution >= 4 is 17.3 Å². The van der Waals surface area contributed by atoms with Crippen molar-refractivity contribution in [1.82, 2.24) is 0 Å². The highest BCUT2D eigenvalue weighted by Crippen LogP contribution is 2.34. The quantitative estimate of drug-likeness (QED) is 0.839. The van der Waals surface area contributed by atoms with Crippen molar-refractivity contribution in [3.05, 3.63) is 65.2 Å². The van der Waals surface area contributed by atoms with Crippen LogP contribution in [-0.4, -0.2) is 24.3 Å². The minimum absolute atomic E-state index is 0.123. The highest BCUT2D eigenvalue weighted by atomic mass is 19.4. The molecule has 0 fully saturated rings. The first-order chi connectivity index (χ1) is 11.4. The fraction of sp³-hybridized carbons (Fsp3) is 0.222. The van der Waals surface area contributed by atoms with Gasteiger partial charge in [-0.15, -0.1) is 0 Å². The van der Waals surface area contributed by atoms with Gasteiger partial charge in [-0.1, -0.05) is 48.5 Å². The summed E-state index contributed by atoms with van der Waals surface area (Å²) in [6.45, 7) is 0.764. The van der Waals surface area contributed by atoms with Gasteiger partial charge >= 0.3 is 6.18 Å². The maximum absolute atomic E-state index is 12.7. The second-order valence-electron chi connectivity index (χ2n) is 5.63. The Morgan fingerprint density at radius 3 is 2.42 bits per heavy atom. The van der Waals surface area contributed by atoms with E-state index in [-0.39, 0.29) is 5.71 Å². The second kappa shape index (κ2) is 6.11. The van der Waals surface area contributed by atoms with E-state index >= 15 is 0 Å². The largest absolute Gasteiger partial charge is 0.407 e. The van der Waals surface area contributed by atoms with Gasteiger partial charge in [-0.3, -0.25) is 9.79 Å². The molecule has 0 bridgehead atoms. The second-order valence-corrected chi connectivity index (χ2v) is 5.63. The van der Waals surface area contributed by atoms with E-state index in [0.717, 1.165) is 11.1 Å². The Morgan fingerprint density at radius 2 is 1.75 bits per heavy atom. The van der Waals surface area contributed by atoms with Gasteiger partial charge in [0.1, 0.15) is 12.3 Å². The summed E-state index contributed by atoms with van der Waals surface area (Å²) in [6.07, 6.45) is -4.44. The highest BCUT2D eigenvalue weighted by molar-refractivity contribution is 6.54. The number of nitrogens with zero attached hydrogens (tertiary/aromatic N) is 2. The molecule has 1 aliphatic rings. The van der Waals surface area contributed by atoms with E-state index in [2.05, 4.69) is 4.99 Å². The van der Waals surface area contributed by atoms with Gasteiger partial charge in [-0.25, -0.2) is 0 Å². The summed E-state index contributed by atoms with van der Waals surface area (Å²) in [7, 11) is 0. The molecule has 2 aromatic carbocycles. The number of hydrogen-bond donors (Lipinski definition) is 0. The zero-order valence-electron chi connectivity index (χ0n) is 13.0. The van der Waals surface area contributed by atoms with E-state index < -0.39 is 18.6 Å². The number of hydrogen-bond acceptors (Lipinski definition) is 2. The molecular weight excluding hydrogens is 317 g/mol.